The van der Waals surface area contributed by atoms with Crippen LogP contribution >= 0.6 is 0 Å². The first kappa shape index (κ1) is 9.25. The summed E-state index contributed by atoms with van der Waals surface area (Å²) in [6.07, 6.45) is 2.05. The van der Waals surface area contributed by atoms with Crippen LogP contribution in [-0.4, -0.2) is 10.9 Å². The predicted molar refractivity (Wildman–Crippen MR) is 54.6 cm³/mol. The molecule has 0 aliphatic heterocycles. The molecule has 1 aromatic carbocycles. The zero-order chi connectivity index (χ0) is 10.3. The molecule has 0 atom stereocenters. The molecular formula is C12H14O2. The molecular weight excluding hydrogens is 176 g/mol. The minimum atomic E-state index is 0.243. The van der Waals surface area contributed by atoms with Crippen molar-refractivity contribution in [3.63, 3.8) is 0 Å². The summed E-state index contributed by atoms with van der Waals surface area (Å²) < 4.78 is 0. The molecule has 14 heavy (non-hydrogen) atoms. The lowest BCUT2D eigenvalue weighted by atomic mass is 9.96. The van der Waals surface area contributed by atoms with Gasteiger partial charge in [0.15, 0.2) is 5.78 Å². The summed E-state index contributed by atoms with van der Waals surface area (Å²) >= 11 is 0. The first-order valence-electron chi connectivity index (χ1n) is 4.94. The molecule has 0 saturated heterocycles. The van der Waals surface area contributed by atoms with E-state index in [-0.39, 0.29) is 17.5 Å². The van der Waals surface area contributed by atoms with Crippen LogP contribution in [0, 0.1) is 19.8 Å². The van der Waals surface area contributed by atoms with Gasteiger partial charge in [-0.1, -0.05) is 0 Å². The van der Waals surface area contributed by atoms with E-state index in [4.69, 9.17) is 0 Å². The lowest BCUT2D eigenvalue weighted by Crippen LogP contribution is -2.06. The molecule has 2 nitrogen and oxygen atoms in total. The Morgan fingerprint density at radius 2 is 1.79 bits per heavy atom. The fourth-order valence-corrected chi connectivity index (χ4v) is 1.88. The number of hydrogen-bond donors (Lipinski definition) is 1. The molecule has 74 valence electrons. The molecule has 1 aromatic rings. The third-order valence-corrected chi connectivity index (χ3v) is 2.71. The molecule has 0 bridgehead atoms. The monoisotopic (exact) mass is 190 g/mol. The second-order valence-corrected chi connectivity index (χ2v) is 4.09. The molecule has 2 rings (SSSR count). The lowest BCUT2D eigenvalue weighted by Gasteiger charge is -2.08. The number of ketones is 1. The van der Waals surface area contributed by atoms with Crippen molar-refractivity contribution in [2.75, 3.05) is 0 Å². The number of benzene rings is 1. The second-order valence-electron chi connectivity index (χ2n) is 4.09. The van der Waals surface area contributed by atoms with E-state index in [9.17, 15) is 9.90 Å². The molecule has 0 amide bonds. The Morgan fingerprint density at radius 3 is 2.21 bits per heavy atom. The first-order chi connectivity index (χ1) is 6.59. The molecule has 0 spiro atoms. The van der Waals surface area contributed by atoms with E-state index in [0.717, 1.165) is 29.5 Å². The summed E-state index contributed by atoms with van der Waals surface area (Å²) in [7, 11) is 0. The third kappa shape index (κ3) is 1.52. The Bertz CT molecular complexity index is 366. The molecule has 0 unspecified atom stereocenters. The van der Waals surface area contributed by atoms with Gasteiger partial charge in [-0.15, -0.1) is 0 Å². The van der Waals surface area contributed by atoms with Crippen LogP contribution in [-0.2, 0) is 0 Å². The highest BCUT2D eigenvalue weighted by molar-refractivity contribution is 6.01. The Morgan fingerprint density at radius 1 is 1.29 bits per heavy atom. The number of carbonyl (C=O) groups is 1. The van der Waals surface area contributed by atoms with Gasteiger partial charge in [0.2, 0.25) is 0 Å². The van der Waals surface area contributed by atoms with Crippen LogP contribution in [0.2, 0.25) is 0 Å². The standard InChI is InChI=1S/C12H14O2/c1-7-5-10(13)6-8(2)11(7)12(14)9-3-4-9/h5-6,9,13H,3-4H2,1-2H3. The maximum Gasteiger partial charge on any atom is 0.166 e. The molecule has 2 heteroatoms. The van der Waals surface area contributed by atoms with Gasteiger partial charge >= 0.3 is 0 Å². The van der Waals surface area contributed by atoms with Crippen LogP contribution < -0.4 is 0 Å². The van der Waals surface area contributed by atoms with Crippen molar-refractivity contribution in [2.45, 2.75) is 26.7 Å². The van der Waals surface area contributed by atoms with Crippen LogP contribution in [0.3, 0.4) is 0 Å². The largest absolute Gasteiger partial charge is 0.508 e. The van der Waals surface area contributed by atoms with Gasteiger partial charge < -0.3 is 5.11 Å². The van der Waals surface area contributed by atoms with Crippen LogP contribution in [0.5, 0.6) is 5.75 Å². The van der Waals surface area contributed by atoms with Crippen LogP contribution in [0.1, 0.15) is 34.3 Å². The number of phenolic OH excluding ortho intramolecular Hbond substituents is 1. The topological polar surface area (TPSA) is 37.3 Å². The van der Waals surface area contributed by atoms with Gasteiger partial charge in [-0.3, -0.25) is 4.79 Å². The third-order valence-electron chi connectivity index (χ3n) is 2.71. The van der Waals surface area contributed by atoms with E-state index in [1.807, 2.05) is 13.8 Å². The fourth-order valence-electron chi connectivity index (χ4n) is 1.88. The number of aromatic hydroxyl groups is 1. The van der Waals surface area contributed by atoms with Gasteiger partial charge in [-0.2, -0.15) is 0 Å². The van der Waals surface area contributed by atoms with Crippen molar-refractivity contribution < 1.29 is 9.90 Å². The second kappa shape index (κ2) is 3.12. The molecule has 1 fully saturated rings. The fraction of sp³-hybridized carbons (Fsp3) is 0.417. The van der Waals surface area contributed by atoms with Crippen LogP contribution in [0.4, 0.5) is 0 Å². The number of rotatable bonds is 2. The van der Waals surface area contributed by atoms with E-state index in [0.29, 0.717) is 0 Å². The minimum Gasteiger partial charge on any atom is -0.508 e. The molecule has 1 aliphatic rings. The highest BCUT2D eigenvalue weighted by atomic mass is 16.3. The molecule has 0 heterocycles. The Hall–Kier alpha value is -1.31. The van der Waals surface area contributed by atoms with Crippen molar-refractivity contribution in [3.05, 3.63) is 28.8 Å². The maximum atomic E-state index is 11.9. The quantitative estimate of drug-likeness (QED) is 0.728. The summed E-state index contributed by atoms with van der Waals surface area (Å²) in [4.78, 5) is 11.9. The van der Waals surface area contributed by atoms with Gasteiger partial charge in [0.05, 0.1) is 0 Å². The minimum absolute atomic E-state index is 0.243. The smallest absolute Gasteiger partial charge is 0.166 e. The van der Waals surface area contributed by atoms with Gasteiger partial charge in [0.1, 0.15) is 5.75 Å². The zero-order valence-corrected chi connectivity index (χ0v) is 8.50. The summed E-state index contributed by atoms with van der Waals surface area (Å²) in [6, 6.07) is 3.31. The van der Waals surface area contributed by atoms with E-state index in [2.05, 4.69) is 0 Å². The van der Waals surface area contributed by atoms with E-state index >= 15 is 0 Å². The summed E-state index contributed by atoms with van der Waals surface area (Å²) in [6.45, 7) is 3.75. The number of carbonyl (C=O) groups excluding carboxylic acids is 1. The molecule has 1 aliphatic carbocycles. The van der Waals surface area contributed by atoms with Crippen molar-refractivity contribution in [3.8, 4) is 5.75 Å². The van der Waals surface area contributed by atoms with Crippen molar-refractivity contribution in [1.29, 1.82) is 0 Å². The van der Waals surface area contributed by atoms with Gasteiger partial charge in [0.25, 0.3) is 0 Å². The Balaban J connectivity index is 2.45. The first-order valence-corrected chi connectivity index (χ1v) is 4.94. The van der Waals surface area contributed by atoms with E-state index < -0.39 is 0 Å². The average Bonchev–Trinajstić information content (AvgIpc) is 2.83. The summed E-state index contributed by atoms with van der Waals surface area (Å²) in [5.41, 5.74) is 2.59. The number of Topliss-reactive ketones (excluding diaryl/α,β-unsaturated/α-hetero) is 1. The Labute approximate surface area is 83.6 Å². The van der Waals surface area contributed by atoms with Crippen molar-refractivity contribution >= 4 is 5.78 Å². The SMILES string of the molecule is Cc1cc(O)cc(C)c1C(=O)C1CC1. The van der Waals surface area contributed by atoms with Gasteiger partial charge in [-0.05, 0) is 49.9 Å². The summed E-state index contributed by atoms with van der Waals surface area (Å²) in [5.74, 6) is 0.740. The Kier molecular flexibility index (Phi) is 2.06. The maximum absolute atomic E-state index is 11.9. The van der Waals surface area contributed by atoms with E-state index in [1.54, 1.807) is 12.1 Å². The van der Waals surface area contributed by atoms with Crippen molar-refractivity contribution in [1.82, 2.24) is 0 Å². The van der Waals surface area contributed by atoms with Gasteiger partial charge in [0, 0.05) is 11.5 Å². The highest BCUT2D eigenvalue weighted by Crippen LogP contribution is 2.35. The van der Waals surface area contributed by atoms with Crippen molar-refractivity contribution in [2.24, 2.45) is 5.92 Å². The van der Waals surface area contributed by atoms with E-state index in [1.165, 1.54) is 0 Å². The predicted octanol–water partition coefficient (Wildman–Crippen LogP) is 2.60. The molecule has 0 radical (unpaired) electrons. The average molecular weight is 190 g/mol. The molecule has 1 saturated carbocycles. The normalized spacial score (nSPS) is 15.6. The van der Waals surface area contributed by atoms with Crippen LogP contribution in [0.25, 0.3) is 0 Å². The number of hydrogen-bond acceptors (Lipinski definition) is 2. The van der Waals surface area contributed by atoms with Gasteiger partial charge in [-0.25, -0.2) is 0 Å². The van der Waals surface area contributed by atoms with Crippen LogP contribution in [0.15, 0.2) is 12.1 Å². The lowest BCUT2D eigenvalue weighted by molar-refractivity contribution is 0.0966. The summed E-state index contributed by atoms with van der Waals surface area (Å²) in [5, 5.41) is 9.34. The number of aryl methyl sites for hydroxylation is 2. The molecule has 0 aromatic heterocycles. The zero-order valence-electron chi connectivity index (χ0n) is 8.50. The number of phenols is 1. The highest BCUT2D eigenvalue weighted by Gasteiger charge is 2.32. The molecule has 1 N–H and O–H groups in total.